The van der Waals surface area contributed by atoms with Crippen molar-refractivity contribution in [1.82, 2.24) is 20.3 Å². The minimum atomic E-state index is -0.629. The fourth-order valence-electron chi connectivity index (χ4n) is 2.58. The van der Waals surface area contributed by atoms with Crippen molar-refractivity contribution < 1.29 is 13.6 Å². The third-order valence-electron chi connectivity index (χ3n) is 4.03. The van der Waals surface area contributed by atoms with Crippen molar-refractivity contribution in [3.63, 3.8) is 0 Å². The first-order valence-corrected chi connectivity index (χ1v) is 8.67. The summed E-state index contributed by atoms with van der Waals surface area (Å²) in [6, 6.07) is 7.50. The highest BCUT2D eigenvalue weighted by atomic mass is 35.5. The third-order valence-corrected chi connectivity index (χ3v) is 4.65. The van der Waals surface area contributed by atoms with Crippen molar-refractivity contribution in [3.05, 3.63) is 75.0 Å². The summed E-state index contributed by atoms with van der Waals surface area (Å²) in [5, 5.41) is 10.7. The van der Waals surface area contributed by atoms with Crippen LogP contribution in [-0.4, -0.2) is 20.9 Å². The van der Waals surface area contributed by atoms with E-state index in [0.717, 1.165) is 0 Å². The Morgan fingerprint density at radius 3 is 2.48 bits per heavy atom. The summed E-state index contributed by atoms with van der Waals surface area (Å²) in [6.07, 6.45) is 0. The molecule has 5 nitrogen and oxygen atoms in total. The van der Waals surface area contributed by atoms with Crippen LogP contribution in [0.2, 0.25) is 10.0 Å². The predicted molar refractivity (Wildman–Crippen MR) is 98.4 cm³/mol. The second kappa shape index (κ2) is 7.62. The van der Waals surface area contributed by atoms with Gasteiger partial charge in [0.25, 0.3) is 5.91 Å². The highest BCUT2D eigenvalue weighted by molar-refractivity contribution is 6.35. The van der Waals surface area contributed by atoms with Gasteiger partial charge in [-0.25, -0.2) is 13.5 Å². The number of hydrogen-bond donors (Lipinski definition) is 1. The zero-order valence-electron chi connectivity index (χ0n) is 14.3. The van der Waals surface area contributed by atoms with Crippen molar-refractivity contribution in [2.45, 2.75) is 19.9 Å². The highest BCUT2D eigenvalue weighted by Crippen LogP contribution is 2.28. The van der Waals surface area contributed by atoms with Crippen LogP contribution < -0.4 is 5.32 Å². The number of halogens is 4. The van der Waals surface area contributed by atoms with Gasteiger partial charge in [-0.05, 0) is 55.8 Å². The van der Waals surface area contributed by atoms with Crippen LogP contribution in [0.5, 0.6) is 0 Å². The van der Waals surface area contributed by atoms with Gasteiger partial charge in [-0.1, -0.05) is 28.4 Å². The lowest BCUT2D eigenvalue weighted by Gasteiger charge is -2.16. The van der Waals surface area contributed by atoms with E-state index in [4.69, 9.17) is 23.2 Å². The zero-order valence-corrected chi connectivity index (χ0v) is 15.8. The van der Waals surface area contributed by atoms with E-state index in [-0.39, 0.29) is 21.6 Å². The molecule has 0 spiro atoms. The van der Waals surface area contributed by atoms with Crippen LogP contribution in [0.25, 0.3) is 5.69 Å². The van der Waals surface area contributed by atoms with Gasteiger partial charge < -0.3 is 5.32 Å². The van der Waals surface area contributed by atoms with Crippen molar-refractivity contribution in [1.29, 1.82) is 0 Å². The number of amides is 1. The van der Waals surface area contributed by atoms with E-state index in [1.165, 1.54) is 41.1 Å². The average Bonchev–Trinajstić information content (AvgIpc) is 3.00. The summed E-state index contributed by atoms with van der Waals surface area (Å²) in [7, 11) is 0. The fraction of sp³-hybridized carbons (Fsp3) is 0.167. The number of carbonyl (C=O) groups is 1. The maximum Gasteiger partial charge on any atom is 0.274 e. The lowest BCUT2D eigenvalue weighted by Crippen LogP contribution is -2.28. The second-order valence-corrected chi connectivity index (χ2v) is 6.71. The van der Waals surface area contributed by atoms with Gasteiger partial charge in [-0.3, -0.25) is 4.79 Å². The number of aromatic nitrogens is 3. The second-order valence-electron chi connectivity index (χ2n) is 5.89. The molecule has 1 N–H and O–H groups in total. The summed E-state index contributed by atoms with van der Waals surface area (Å²) in [5.74, 6) is -1.51. The summed E-state index contributed by atoms with van der Waals surface area (Å²) in [6.45, 7) is 3.32. The molecule has 0 aliphatic rings. The van der Waals surface area contributed by atoms with Crippen LogP contribution in [0.4, 0.5) is 8.78 Å². The number of carbonyl (C=O) groups excluding carboxylic acids is 1. The molecule has 0 aliphatic heterocycles. The van der Waals surface area contributed by atoms with Crippen LogP contribution in [0, 0.1) is 18.6 Å². The summed E-state index contributed by atoms with van der Waals surface area (Å²) in [4.78, 5) is 12.6. The molecule has 3 aromatic rings. The first kappa shape index (κ1) is 19.3. The Bertz CT molecular complexity index is 1010. The Labute approximate surface area is 163 Å². The number of nitrogens with one attached hydrogen (secondary N) is 1. The Balaban J connectivity index is 1.83. The summed E-state index contributed by atoms with van der Waals surface area (Å²) in [5.41, 5.74) is 1.52. The third kappa shape index (κ3) is 3.94. The van der Waals surface area contributed by atoms with Crippen molar-refractivity contribution in [2.75, 3.05) is 0 Å². The molecule has 9 heteroatoms. The predicted octanol–water partition coefficient (Wildman–Crippen LogP) is 4.65. The first-order valence-electron chi connectivity index (χ1n) is 7.91. The molecule has 0 bridgehead atoms. The molecule has 1 aromatic heterocycles. The Morgan fingerprint density at radius 1 is 1.15 bits per heavy atom. The normalized spacial score (nSPS) is 12.1. The first-order chi connectivity index (χ1) is 12.8. The van der Waals surface area contributed by atoms with Crippen LogP contribution in [0.3, 0.4) is 0 Å². The molecule has 0 aliphatic carbocycles. The van der Waals surface area contributed by atoms with Gasteiger partial charge >= 0.3 is 0 Å². The Morgan fingerprint density at radius 2 is 1.81 bits per heavy atom. The van der Waals surface area contributed by atoms with E-state index in [2.05, 4.69) is 15.6 Å². The molecule has 140 valence electrons. The minimum Gasteiger partial charge on any atom is -0.344 e. The van der Waals surface area contributed by atoms with Crippen LogP contribution in [0.1, 0.15) is 34.7 Å². The smallest absolute Gasteiger partial charge is 0.274 e. The van der Waals surface area contributed by atoms with Crippen LogP contribution in [-0.2, 0) is 0 Å². The van der Waals surface area contributed by atoms with E-state index in [1.807, 2.05) is 0 Å². The maximum atomic E-state index is 13.7. The quantitative estimate of drug-likeness (QED) is 0.636. The molecule has 0 fully saturated rings. The SMILES string of the molecule is Cc1c(C(=O)NC(C)c2cc(F)c(Cl)cc2Cl)nnn1-c1ccc(F)cc1. The van der Waals surface area contributed by atoms with Crippen molar-refractivity contribution >= 4 is 29.1 Å². The highest BCUT2D eigenvalue weighted by Gasteiger charge is 2.21. The van der Waals surface area contributed by atoms with Gasteiger partial charge in [0.05, 0.1) is 22.4 Å². The van der Waals surface area contributed by atoms with Crippen LogP contribution in [0.15, 0.2) is 36.4 Å². The van der Waals surface area contributed by atoms with Crippen LogP contribution >= 0.6 is 23.2 Å². The molecule has 3 rings (SSSR count). The fourth-order valence-corrected chi connectivity index (χ4v) is 3.13. The van der Waals surface area contributed by atoms with Gasteiger partial charge in [0.1, 0.15) is 11.6 Å². The van der Waals surface area contributed by atoms with Crippen molar-refractivity contribution in [3.8, 4) is 5.69 Å². The molecule has 2 aromatic carbocycles. The monoisotopic (exact) mass is 410 g/mol. The van der Waals surface area contributed by atoms with Gasteiger partial charge in [-0.2, -0.15) is 0 Å². The van der Waals surface area contributed by atoms with Crippen molar-refractivity contribution in [2.24, 2.45) is 0 Å². The maximum absolute atomic E-state index is 13.7. The average molecular weight is 411 g/mol. The zero-order chi connectivity index (χ0) is 19.7. The lowest BCUT2D eigenvalue weighted by molar-refractivity contribution is 0.0934. The molecule has 1 unspecified atom stereocenters. The molecule has 0 saturated carbocycles. The molecule has 0 radical (unpaired) electrons. The van der Waals surface area contributed by atoms with E-state index >= 15 is 0 Å². The largest absolute Gasteiger partial charge is 0.344 e. The standard InChI is InChI=1S/C18H14Cl2F2N4O/c1-9(13-7-16(22)15(20)8-14(13)19)23-18(27)17-10(2)26(25-24-17)12-5-3-11(21)4-6-12/h3-9H,1-2H3,(H,23,27). The minimum absolute atomic E-state index is 0.0942. The number of rotatable bonds is 4. The Kier molecular flexibility index (Phi) is 5.43. The molecule has 27 heavy (non-hydrogen) atoms. The number of hydrogen-bond acceptors (Lipinski definition) is 3. The van der Waals surface area contributed by atoms with E-state index in [9.17, 15) is 13.6 Å². The summed E-state index contributed by atoms with van der Waals surface area (Å²) < 4.78 is 28.2. The Hall–Kier alpha value is -2.51. The van der Waals surface area contributed by atoms with Gasteiger partial charge in [0.2, 0.25) is 0 Å². The topological polar surface area (TPSA) is 59.8 Å². The van der Waals surface area contributed by atoms with E-state index in [1.54, 1.807) is 13.8 Å². The molecular formula is C18H14Cl2F2N4O. The molecular weight excluding hydrogens is 397 g/mol. The van der Waals surface area contributed by atoms with Gasteiger partial charge in [-0.15, -0.1) is 5.10 Å². The van der Waals surface area contributed by atoms with E-state index < -0.39 is 17.8 Å². The molecule has 1 heterocycles. The van der Waals surface area contributed by atoms with Gasteiger partial charge in [0, 0.05) is 5.02 Å². The number of benzene rings is 2. The molecule has 0 saturated heterocycles. The molecule has 1 amide bonds. The van der Waals surface area contributed by atoms with E-state index in [0.29, 0.717) is 16.9 Å². The summed E-state index contributed by atoms with van der Waals surface area (Å²) >= 11 is 11.8. The molecule has 1 atom stereocenters. The number of nitrogens with zero attached hydrogens (tertiary/aromatic N) is 3. The van der Waals surface area contributed by atoms with Gasteiger partial charge in [0.15, 0.2) is 5.69 Å². The lowest BCUT2D eigenvalue weighted by atomic mass is 10.1.